The van der Waals surface area contributed by atoms with Gasteiger partial charge in [-0.25, -0.2) is 10.9 Å². The number of nitrogen functional groups attached to an aromatic ring is 1. The molecule has 0 radical (unpaired) electrons. The summed E-state index contributed by atoms with van der Waals surface area (Å²) in [6, 6.07) is 24.4. The van der Waals surface area contributed by atoms with Crippen molar-refractivity contribution in [2.75, 3.05) is 10.7 Å². The number of carbonyl (C=O) groups excluding carboxylic acids is 1. The second kappa shape index (κ2) is 14.0. The highest BCUT2D eigenvalue weighted by Gasteiger charge is 2.13. The van der Waals surface area contributed by atoms with Gasteiger partial charge in [-0.2, -0.15) is 0 Å². The fourth-order valence-electron chi connectivity index (χ4n) is 3.73. The van der Waals surface area contributed by atoms with E-state index < -0.39 is 0 Å². The summed E-state index contributed by atoms with van der Waals surface area (Å²) in [6.07, 6.45) is 4.76. The minimum absolute atomic E-state index is 0.313. The van der Waals surface area contributed by atoms with Crippen molar-refractivity contribution in [3.63, 3.8) is 0 Å². The Hall–Kier alpha value is -3.87. The molecule has 0 saturated heterocycles. The average Bonchev–Trinajstić information content (AvgIpc) is 2.90. The molecule has 3 aromatic carbocycles. The van der Waals surface area contributed by atoms with E-state index in [0.29, 0.717) is 40.9 Å². The van der Waals surface area contributed by atoms with Crippen molar-refractivity contribution in [3.8, 4) is 0 Å². The van der Waals surface area contributed by atoms with Crippen LogP contribution in [0.4, 0.5) is 11.4 Å². The summed E-state index contributed by atoms with van der Waals surface area (Å²) >= 11 is 5.96. The fourth-order valence-corrected chi connectivity index (χ4v) is 3.86. The second-order valence-corrected chi connectivity index (χ2v) is 9.17. The number of anilines is 2. The van der Waals surface area contributed by atoms with E-state index in [9.17, 15) is 4.79 Å². The molecule has 0 aromatic heterocycles. The standard InChI is InChI=1S/C30H34ClN5O/c1-3-4-10-24(20-29(37)36(33)26-17-15-25(31)16-18-26)19-22(2)35-30(27-13-8-9-14-28(27)32)34-21-23-11-6-5-7-12-23/h5-9,11-18,20H,2-4,10,19,21,32-33H2,1H3,(H,34,35)/b24-20-. The number of aliphatic imine (C=N–C) groups is 1. The zero-order chi connectivity index (χ0) is 26.6. The summed E-state index contributed by atoms with van der Waals surface area (Å²) in [5.74, 6) is 6.41. The molecular formula is C30H34ClN5O. The minimum atomic E-state index is -0.313. The van der Waals surface area contributed by atoms with Gasteiger partial charge >= 0.3 is 0 Å². The van der Waals surface area contributed by atoms with Crippen LogP contribution in [-0.2, 0) is 11.3 Å². The van der Waals surface area contributed by atoms with Gasteiger partial charge in [0.2, 0.25) is 0 Å². The number of nitrogens with two attached hydrogens (primary N) is 2. The average molecular weight is 516 g/mol. The number of hydrogen-bond donors (Lipinski definition) is 3. The first-order valence-corrected chi connectivity index (χ1v) is 12.7. The number of para-hydroxylation sites is 1. The normalized spacial score (nSPS) is 11.8. The van der Waals surface area contributed by atoms with Crippen molar-refractivity contribution in [1.82, 2.24) is 5.32 Å². The zero-order valence-electron chi connectivity index (χ0n) is 21.2. The van der Waals surface area contributed by atoms with E-state index in [4.69, 9.17) is 28.2 Å². The molecule has 3 aromatic rings. The summed E-state index contributed by atoms with van der Waals surface area (Å²) in [5.41, 5.74) is 11.0. The van der Waals surface area contributed by atoms with Gasteiger partial charge < -0.3 is 11.1 Å². The van der Waals surface area contributed by atoms with Gasteiger partial charge in [0.15, 0.2) is 0 Å². The summed E-state index contributed by atoms with van der Waals surface area (Å²) in [5, 5.41) is 5.06. The molecule has 192 valence electrons. The Bertz CT molecular complexity index is 1250. The Balaban J connectivity index is 1.79. The molecule has 0 fully saturated rings. The lowest BCUT2D eigenvalue weighted by atomic mass is 10.0. The van der Waals surface area contributed by atoms with E-state index in [-0.39, 0.29) is 5.91 Å². The number of amides is 1. The lowest BCUT2D eigenvalue weighted by Crippen LogP contribution is -2.36. The zero-order valence-corrected chi connectivity index (χ0v) is 21.9. The number of rotatable bonds is 11. The number of hydrogen-bond acceptors (Lipinski definition) is 4. The predicted molar refractivity (Wildman–Crippen MR) is 155 cm³/mol. The molecule has 0 aliphatic carbocycles. The van der Waals surface area contributed by atoms with Gasteiger partial charge in [0.25, 0.3) is 5.91 Å². The van der Waals surface area contributed by atoms with E-state index in [2.05, 4.69) is 18.8 Å². The van der Waals surface area contributed by atoms with E-state index in [1.165, 1.54) is 0 Å². The molecule has 0 spiro atoms. The Kier molecular flexibility index (Phi) is 10.5. The summed E-state index contributed by atoms with van der Waals surface area (Å²) in [4.78, 5) is 17.7. The van der Waals surface area contributed by atoms with Gasteiger partial charge in [0.05, 0.1) is 12.2 Å². The van der Waals surface area contributed by atoms with Crippen LogP contribution in [0.5, 0.6) is 0 Å². The third-order valence-electron chi connectivity index (χ3n) is 5.74. The van der Waals surface area contributed by atoms with Crippen molar-refractivity contribution < 1.29 is 4.79 Å². The number of hydrazine groups is 1. The number of nitrogens with zero attached hydrogens (tertiary/aromatic N) is 2. The molecule has 1 amide bonds. The van der Waals surface area contributed by atoms with Gasteiger partial charge in [-0.3, -0.25) is 9.79 Å². The Morgan fingerprint density at radius 3 is 2.41 bits per heavy atom. The lowest BCUT2D eigenvalue weighted by molar-refractivity contribution is -0.114. The molecule has 0 atom stereocenters. The first kappa shape index (κ1) is 27.7. The maximum absolute atomic E-state index is 12.9. The number of nitrogens with one attached hydrogen (secondary N) is 1. The van der Waals surface area contributed by atoms with E-state index in [1.54, 1.807) is 30.3 Å². The van der Waals surface area contributed by atoms with Crippen LogP contribution in [0.1, 0.15) is 43.7 Å². The van der Waals surface area contributed by atoms with Crippen LogP contribution in [-0.4, -0.2) is 11.7 Å². The monoisotopic (exact) mass is 515 g/mol. The van der Waals surface area contributed by atoms with Crippen molar-refractivity contribution in [3.05, 3.63) is 119 Å². The smallest absolute Gasteiger partial charge is 0.265 e. The van der Waals surface area contributed by atoms with Crippen molar-refractivity contribution >= 4 is 34.7 Å². The highest BCUT2D eigenvalue weighted by atomic mass is 35.5. The third kappa shape index (κ3) is 8.63. The molecule has 0 heterocycles. The summed E-state index contributed by atoms with van der Waals surface area (Å²) < 4.78 is 0. The number of unbranched alkanes of at least 4 members (excludes halogenated alkanes) is 1. The molecule has 0 aliphatic heterocycles. The first-order valence-electron chi connectivity index (χ1n) is 12.3. The van der Waals surface area contributed by atoms with Gasteiger partial charge in [0.1, 0.15) is 5.84 Å². The molecule has 0 unspecified atom stereocenters. The molecule has 37 heavy (non-hydrogen) atoms. The first-order chi connectivity index (χ1) is 17.9. The molecule has 0 aliphatic rings. The van der Waals surface area contributed by atoms with Crippen LogP contribution in [0, 0.1) is 0 Å². The number of benzene rings is 3. The third-order valence-corrected chi connectivity index (χ3v) is 5.99. The van der Waals surface area contributed by atoms with Crippen molar-refractivity contribution in [2.45, 2.75) is 39.2 Å². The maximum Gasteiger partial charge on any atom is 0.265 e. The van der Waals surface area contributed by atoms with Gasteiger partial charge in [-0.1, -0.05) is 79.6 Å². The highest BCUT2D eigenvalue weighted by molar-refractivity contribution is 6.30. The Morgan fingerprint density at radius 1 is 1.05 bits per heavy atom. The van der Waals surface area contributed by atoms with Crippen LogP contribution in [0.15, 0.2) is 108 Å². The van der Waals surface area contributed by atoms with Crippen LogP contribution in [0.3, 0.4) is 0 Å². The van der Waals surface area contributed by atoms with Crippen LogP contribution in [0.25, 0.3) is 0 Å². The largest absolute Gasteiger partial charge is 0.398 e. The van der Waals surface area contributed by atoms with Crippen molar-refractivity contribution in [2.24, 2.45) is 10.8 Å². The molecule has 6 nitrogen and oxygen atoms in total. The van der Waals surface area contributed by atoms with Gasteiger partial charge in [-0.15, -0.1) is 0 Å². The Labute approximate surface area is 224 Å². The molecule has 5 N–H and O–H groups in total. The SMILES string of the molecule is C=C(C/C(=C\C(=O)N(N)c1ccc(Cl)cc1)CCCC)NC(=NCc1ccccc1)c1ccccc1N. The summed E-state index contributed by atoms with van der Waals surface area (Å²) in [6.45, 7) is 6.83. The highest BCUT2D eigenvalue weighted by Crippen LogP contribution is 2.20. The van der Waals surface area contributed by atoms with Crippen LogP contribution in [0.2, 0.25) is 5.02 Å². The van der Waals surface area contributed by atoms with E-state index >= 15 is 0 Å². The number of halogens is 1. The van der Waals surface area contributed by atoms with Crippen LogP contribution >= 0.6 is 11.6 Å². The fraction of sp³-hybridized carbons (Fsp3) is 0.200. The van der Waals surface area contributed by atoms with E-state index in [1.807, 2.05) is 54.6 Å². The maximum atomic E-state index is 12.9. The quantitative estimate of drug-likeness (QED) is 0.0524. The molecular weight excluding hydrogens is 482 g/mol. The molecule has 0 bridgehead atoms. The molecule has 3 rings (SSSR count). The predicted octanol–water partition coefficient (Wildman–Crippen LogP) is 6.39. The summed E-state index contributed by atoms with van der Waals surface area (Å²) in [7, 11) is 0. The van der Waals surface area contributed by atoms with Gasteiger partial charge in [-0.05, 0) is 54.8 Å². The minimum Gasteiger partial charge on any atom is -0.398 e. The molecule has 7 heteroatoms. The topological polar surface area (TPSA) is 96.7 Å². The van der Waals surface area contributed by atoms with Crippen LogP contribution < -0.4 is 21.9 Å². The van der Waals surface area contributed by atoms with E-state index in [0.717, 1.165) is 41.0 Å². The van der Waals surface area contributed by atoms with Crippen molar-refractivity contribution in [1.29, 1.82) is 0 Å². The number of allylic oxidation sites excluding steroid dienone is 1. The Morgan fingerprint density at radius 2 is 1.73 bits per heavy atom. The lowest BCUT2D eigenvalue weighted by Gasteiger charge is -2.18. The van der Waals surface area contributed by atoms with Gasteiger partial charge in [0, 0.05) is 34.5 Å². The second-order valence-electron chi connectivity index (χ2n) is 8.73. The number of carbonyl (C=O) groups is 1. The number of amidine groups is 1. The molecule has 0 saturated carbocycles.